The summed E-state index contributed by atoms with van der Waals surface area (Å²) in [7, 11) is 0. The van der Waals surface area contributed by atoms with Crippen molar-refractivity contribution < 1.29 is 19.0 Å². The van der Waals surface area contributed by atoms with Crippen molar-refractivity contribution in [2.75, 3.05) is 13.2 Å². The summed E-state index contributed by atoms with van der Waals surface area (Å²) in [5.74, 6) is 0.359. The van der Waals surface area contributed by atoms with Crippen LogP contribution in [-0.2, 0) is 11.3 Å². The molecule has 1 saturated carbocycles. The highest BCUT2D eigenvalue weighted by molar-refractivity contribution is 5.82. The van der Waals surface area contributed by atoms with Gasteiger partial charge in [-0.1, -0.05) is 30.3 Å². The van der Waals surface area contributed by atoms with Crippen LogP contribution >= 0.6 is 0 Å². The van der Waals surface area contributed by atoms with Crippen LogP contribution in [0.15, 0.2) is 48.5 Å². The molecule has 1 aliphatic rings. The lowest BCUT2D eigenvalue weighted by atomic mass is 10.1. The van der Waals surface area contributed by atoms with E-state index in [4.69, 9.17) is 9.84 Å². The lowest BCUT2D eigenvalue weighted by molar-refractivity contribution is -0.122. The first-order chi connectivity index (χ1) is 11.7. The largest absolute Gasteiger partial charge is 0.491 e. The van der Waals surface area contributed by atoms with Crippen LogP contribution < -0.4 is 10.1 Å². The number of para-hydroxylation sites is 1. The first-order valence-electron chi connectivity index (χ1n) is 8.04. The van der Waals surface area contributed by atoms with Gasteiger partial charge in [0.05, 0.1) is 6.61 Å². The van der Waals surface area contributed by atoms with Crippen LogP contribution in [0.1, 0.15) is 23.5 Å². The van der Waals surface area contributed by atoms with Gasteiger partial charge in [0.1, 0.15) is 18.2 Å². The maximum absolute atomic E-state index is 13.3. The van der Waals surface area contributed by atoms with Gasteiger partial charge in [0.25, 0.3) is 0 Å². The summed E-state index contributed by atoms with van der Waals surface area (Å²) < 4.78 is 18.7. The summed E-state index contributed by atoms with van der Waals surface area (Å²) in [4.78, 5) is 12.3. The molecule has 4 nitrogen and oxygen atoms in total. The number of carbonyl (C=O) groups excluding carboxylic acids is 1. The Hall–Kier alpha value is -2.40. The maximum atomic E-state index is 13.3. The normalized spacial score (nSPS) is 18.9. The number of rotatable bonds is 7. The van der Waals surface area contributed by atoms with Crippen molar-refractivity contribution in [3.63, 3.8) is 0 Å². The van der Waals surface area contributed by atoms with Gasteiger partial charge in [-0.15, -0.1) is 0 Å². The van der Waals surface area contributed by atoms with Gasteiger partial charge in [0.2, 0.25) is 5.91 Å². The zero-order valence-corrected chi connectivity index (χ0v) is 13.2. The number of benzene rings is 2. The Morgan fingerprint density at radius 3 is 2.88 bits per heavy atom. The summed E-state index contributed by atoms with van der Waals surface area (Å²) in [6.07, 6.45) is 0.748. The summed E-state index contributed by atoms with van der Waals surface area (Å²) >= 11 is 0. The standard InChI is InChI=1S/C19H20FNO3/c20-15-6-3-5-13(10-15)16-11-17(16)19(23)21-12-14-4-1-2-7-18(14)24-9-8-22/h1-7,10,16-17,22H,8-9,11-12H2,(H,21,23). The van der Waals surface area contributed by atoms with Crippen LogP contribution in [0.2, 0.25) is 0 Å². The van der Waals surface area contributed by atoms with Crippen LogP contribution in [0, 0.1) is 11.7 Å². The number of aliphatic hydroxyl groups excluding tert-OH is 1. The first-order valence-corrected chi connectivity index (χ1v) is 8.04. The predicted molar refractivity (Wildman–Crippen MR) is 88.1 cm³/mol. The van der Waals surface area contributed by atoms with Crippen LogP contribution in [0.4, 0.5) is 4.39 Å². The minimum Gasteiger partial charge on any atom is -0.491 e. The van der Waals surface area contributed by atoms with Crippen molar-refractivity contribution in [3.05, 3.63) is 65.5 Å². The van der Waals surface area contributed by atoms with Crippen LogP contribution in [0.3, 0.4) is 0 Å². The number of carbonyl (C=O) groups is 1. The Morgan fingerprint density at radius 1 is 1.25 bits per heavy atom. The van der Waals surface area contributed by atoms with E-state index in [1.165, 1.54) is 12.1 Å². The van der Waals surface area contributed by atoms with Gasteiger partial charge >= 0.3 is 0 Å². The number of amides is 1. The van der Waals surface area contributed by atoms with Gasteiger partial charge in [-0.3, -0.25) is 4.79 Å². The van der Waals surface area contributed by atoms with E-state index in [0.29, 0.717) is 12.3 Å². The third-order valence-electron chi connectivity index (χ3n) is 4.18. The van der Waals surface area contributed by atoms with E-state index in [1.54, 1.807) is 6.07 Å². The molecule has 2 unspecified atom stereocenters. The number of ether oxygens (including phenoxy) is 1. The minimum absolute atomic E-state index is 0.0266. The van der Waals surface area contributed by atoms with Crippen LogP contribution in [0.25, 0.3) is 0 Å². The maximum Gasteiger partial charge on any atom is 0.224 e. The van der Waals surface area contributed by atoms with E-state index in [1.807, 2.05) is 30.3 Å². The average Bonchev–Trinajstić information content (AvgIpc) is 3.39. The molecule has 0 aromatic heterocycles. The van der Waals surface area contributed by atoms with E-state index in [-0.39, 0.29) is 36.8 Å². The molecule has 1 fully saturated rings. The van der Waals surface area contributed by atoms with Crippen molar-refractivity contribution in [1.82, 2.24) is 5.32 Å². The highest BCUT2D eigenvalue weighted by Gasteiger charge is 2.43. The molecular weight excluding hydrogens is 309 g/mol. The Kier molecular flexibility index (Phi) is 5.11. The molecule has 24 heavy (non-hydrogen) atoms. The second-order valence-electron chi connectivity index (χ2n) is 5.90. The van der Waals surface area contributed by atoms with Gasteiger partial charge in [-0.05, 0) is 36.1 Å². The summed E-state index contributed by atoms with van der Waals surface area (Å²) in [6, 6.07) is 13.8. The van der Waals surface area contributed by atoms with E-state index in [0.717, 1.165) is 17.5 Å². The molecule has 0 aliphatic heterocycles. The molecule has 5 heteroatoms. The van der Waals surface area contributed by atoms with Crippen molar-refractivity contribution >= 4 is 5.91 Å². The number of hydrogen-bond acceptors (Lipinski definition) is 3. The monoisotopic (exact) mass is 329 g/mol. The Morgan fingerprint density at radius 2 is 2.08 bits per heavy atom. The molecule has 1 aliphatic carbocycles. The number of nitrogens with one attached hydrogen (secondary N) is 1. The molecule has 126 valence electrons. The SMILES string of the molecule is O=C(NCc1ccccc1OCCO)C1CC1c1cccc(F)c1. The number of aliphatic hydroxyl groups is 1. The molecular formula is C19H20FNO3. The van der Waals surface area contributed by atoms with E-state index >= 15 is 0 Å². The van der Waals surface area contributed by atoms with Crippen molar-refractivity contribution in [3.8, 4) is 5.75 Å². The van der Waals surface area contributed by atoms with Crippen LogP contribution in [0.5, 0.6) is 5.75 Å². The molecule has 2 aromatic carbocycles. The zero-order valence-electron chi connectivity index (χ0n) is 13.2. The zero-order chi connectivity index (χ0) is 16.9. The third-order valence-corrected chi connectivity index (χ3v) is 4.18. The van der Waals surface area contributed by atoms with Gasteiger partial charge in [-0.25, -0.2) is 4.39 Å². The van der Waals surface area contributed by atoms with E-state index < -0.39 is 0 Å². The molecule has 0 spiro atoms. The predicted octanol–water partition coefficient (Wildman–Crippen LogP) is 2.62. The van der Waals surface area contributed by atoms with Crippen molar-refractivity contribution in [1.29, 1.82) is 0 Å². The fourth-order valence-corrected chi connectivity index (χ4v) is 2.85. The highest BCUT2D eigenvalue weighted by atomic mass is 19.1. The second-order valence-corrected chi connectivity index (χ2v) is 5.90. The average molecular weight is 329 g/mol. The summed E-state index contributed by atoms with van der Waals surface area (Å²) in [6.45, 7) is 0.528. The Bertz CT molecular complexity index is 719. The first kappa shape index (κ1) is 16.5. The number of halogens is 1. The Balaban J connectivity index is 1.56. The van der Waals surface area contributed by atoms with Gasteiger partial charge in [0, 0.05) is 18.0 Å². The molecule has 0 saturated heterocycles. The van der Waals surface area contributed by atoms with Crippen molar-refractivity contribution in [2.45, 2.75) is 18.9 Å². The van der Waals surface area contributed by atoms with Gasteiger partial charge in [0.15, 0.2) is 0 Å². The molecule has 0 heterocycles. The van der Waals surface area contributed by atoms with Gasteiger partial charge in [-0.2, -0.15) is 0 Å². The lowest BCUT2D eigenvalue weighted by Gasteiger charge is -2.11. The smallest absolute Gasteiger partial charge is 0.224 e. The molecule has 2 aromatic rings. The lowest BCUT2D eigenvalue weighted by Crippen LogP contribution is -2.25. The summed E-state index contributed by atoms with van der Waals surface area (Å²) in [5.41, 5.74) is 1.74. The van der Waals surface area contributed by atoms with E-state index in [2.05, 4.69) is 5.32 Å². The second kappa shape index (κ2) is 7.45. The highest BCUT2D eigenvalue weighted by Crippen LogP contribution is 2.47. The topological polar surface area (TPSA) is 58.6 Å². The fraction of sp³-hybridized carbons (Fsp3) is 0.316. The van der Waals surface area contributed by atoms with Gasteiger partial charge < -0.3 is 15.2 Å². The number of hydrogen-bond donors (Lipinski definition) is 2. The van der Waals surface area contributed by atoms with E-state index in [9.17, 15) is 9.18 Å². The Labute approximate surface area is 140 Å². The van der Waals surface area contributed by atoms with Crippen molar-refractivity contribution in [2.24, 2.45) is 5.92 Å². The molecule has 2 N–H and O–H groups in total. The summed E-state index contributed by atoms with van der Waals surface area (Å²) in [5, 5.41) is 11.8. The molecule has 3 rings (SSSR count). The third kappa shape index (κ3) is 3.92. The molecule has 0 bridgehead atoms. The quantitative estimate of drug-likeness (QED) is 0.821. The van der Waals surface area contributed by atoms with Crippen LogP contribution in [-0.4, -0.2) is 24.2 Å². The fourth-order valence-electron chi connectivity index (χ4n) is 2.85. The molecule has 0 radical (unpaired) electrons. The molecule has 1 amide bonds. The molecule has 2 atom stereocenters. The minimum atomic E-state index is -0.270.